The molecule has 2 aliphatic rings. The standard InChI is InChI=1S/C14H21N5O/c15-13(17-20)12-5-1-6-16-14(12)19-9-3-8-18-7-2-4-11(18)10-19/h1,5-6,11,20H,2-4,7-10H2,(H2,15,17). The zero-order chi connectivity index (χ0) is 13.9. The van der Waals surface area contributed by atoms with E-state index in [9.17, 15) is 0 Å². The highest BCUT2D eigenvalue weighted by Gasteiger charge is 2.30. The van der Waals surface area contributed by atoms with Gasteiger partial charge < -0.3 is 15.8 Å². The zero-order valence-corrected chi connectivity index (χ0v) is 11.6. The first-order chi connectivity index (χ1) is 9.79. The summed E-state index contributed by atoms with van der Waals surface area (Å²) in [4.78, 5) is 9.32. The molecule has 3 rings (SSSR count). The largest absolute Gasteiger partial charge is 0.409 e. The molecule has 2 saturated heterocycles. The molecule has 0 saturated carbocycles. The molecule has 0 amide bonds. The van der Waals surface area contributed by atoms with Crippen molar-refractivity contribution < 1.29 is 5.21 Å². The first kappa shape index (κ1) is 13.2. The molecular formula is C14H21N5O. The highest BCUT2D eigenvalue weighted by molar-refractivity contribution is 6.01. The van der Waals surface area contributed by atoms with Gasteiger partial charge in [0.2, 0.25) is 0 Å². The van der Waals surface area contributed by atoms with Crippen molar-refractivity contribution in [3.05, 3.63) is 23.9 Å². The fraction of sp³-hybridized carbons (Fsp3) is 0.571. The predicted octanol–water partition coefficient (Wildman–Crippen LogP) is 0.851. The number of hydrogen-bond donors (Lipinski definition) is 2. The smallest absolute Gasteiger partial charge is 0.173 e. The van der Waals surface area contributed by atoms with Crippen LogP contribution in [0.5, 0.6) is 0 Å². The van der Waals surface area contributed by atoms with Gasteiger partial charge in [-0.2, -0.15) is 0 Å². The van der Waals surface area contributed by atoms with E-state index in [1.54, 1.807) is 6.20 Å². The molecule has 20 heavy (non-hydrogen) atoms. The third-order valence-corrected chi connectivity index (χ3v) is 4.27. The van der Waals surface area contributed by atoms with Gasteiger partial charge in [-0.05, 0) is 37.9 Å². The lowest BCUT2D eigenvalue weighted by Crippen LogP contribution is -2.37. The van der Waals surface area contributed by atoms with Crippen LogP contribution < -0.4 is 10.6 Å². The van der Waals surface area contributed by atoms with Crippen molar-refractivity contribution in [2.24, 2.45) is 10.9 Å². The number of rotatable bonds is 2. The van der Waals surface area contributed by atoms with Crippen LogP contribution in [0, 0.1) is 0 Å². The molecule has 2 aliphatic heterocycles. The fourth-order valence-electron chi connectivity index (χ4n) is 3.30. The lowest BCUT2D eigenvalue weighted by atomic mass is 10.2. The van der Waals surface area contributed by atoms with Gasteiger partial charge in [-0.15, -0.1) is 0 Å². The highest BCUT2D eigenvalue weighted by atomic mass is 16.4. The van der Waals surface area contributed by atoms with E-state index in [4.69, 9.17) is 10.9 Å². The van der Waals surface area contributed by atoms with Crippen molar-refractivity contribution >= 4 is 11.7 Å². The summed E-state index contributed by atoms with van der Waals surface area (Å²) in [5.41, 5.74) is 6.48. The minimum atomic E-state index is 0.126. The molecule has 0 aromatic carbocycles. The third kappa shape index (κ3) is 2.43. The minimum Gasteiger partial charge on any atom is -0.409 e. The second-order valence-electron chi connectivity index (χ2n) is 5.49. The van der Waals surface area contributed by atoms with Crippen LogP contribution in [0.3, 0.4) is 0 Å². The van der Waals surface area contributed by atoms with Gasteiger partial charge >= 0.3 is 0 Å². The monoisotopic (exact) mass is 275 g/mol. The van der Waals surface area contributed by atoms with Crippen LogP contribution in [0.4, 0.5) is 5.82 Å². The van der Waals surface area contributed by atoms with Crippen LogP contribution in [-0.2, 0) is 0 Å². The molecule has 0 aliphatic carbocycles. The number of hydrogen-bond acceptors (Lipinski definition) is 5. The normalized spacial score (nSPS) is 24.5. The van der Waals surface area contributed by atoms with Crippen LogP contribution in [0.15, 0.2) is 23.5 Å². The predicted molar refractivity (Wildman–Crippen MR) is 78.2 cm³/mol. The summed E-state index contributed by atoms with van der Waals surface area (Å²) in [5, 5.41) is 12.0. The van der Waals surface area contributed by atoms with Crippen molar-refractivity contribution in [2.45, 2.75) is 25.3 Å². The Morgan fingerprint density at radius 1 is 1.35 bits per heavy atom. The van der Waals surface area contributed by atoms with E-state index in [1.165, 1.54) is 19.4 Å². The SMILES string of the molecule is N/C(=N/O)c1cccnc1N1CCCN2CCCC2C1. The second-order valence-corrected chi connectivity index (χ2v) is 5.49. The van der Waals surface area contributed by atoms with Crippen LogP contribution >= 0.6 is 0 Å². The summed E-state index contributed by atoms with van der Waals surface area (Å²) in [6.07, 6.45) is 5.43. The maximum absolute atomic E-state index is 8.93. The van der Waals surface area contributed by atoms with E-state index < -0.39 is 0 Å². The Hall–Kier alpha value is -1.82. The molecule has 1 atom stereocenters. The lowest BCUT2D eigenvalue weighted by Gasteiger charge is -2.27. The number of nitrogens with two attached hydrogens (primary N) is 1. The summed E-state index contributed by atoms with van der Waals surface area (Å²) >= 11 is 0. The average molecular weight is 275 g/mol. The van der Waals surface area contributed by atoms with Crippen molar-refractivity contribution in [3.63, 3.8) is 0 Å². The zero-order valence-electron chi connectivity index (χ0n) is 11.6. The van der Waals surface area contributed by atoms with Gasteiger partial charge in [0, 0.05) is 31.9 Å². The Labute approximate surface area is 118 Å². The van der Waals surface area contributed by atoms with Crippen molar-refractivity contribution in [1.29, 1.82) is 0 Å². The van der Waals surface area contributed by atoms with E-state index in [0.29, 0.717) is 11.6 Å². The van der Waals surface area contributed by atoms with Crippen LogP contribution in [0.2, 0.25) is 0 Å². The van der Waals surface area contributed by atoms with Crippen molar-refractivity contribution in [2.75, 3.05) is 31.1 Å². The van der Waals surface area contributed by atoms with Crippen LogP contribution in [-0.4, -0.2) is 53.1 Å². The summed E-state index contributed by atoms with van der Waals surface area (Å²) in [7, 11) is 0. The maximum Gasteiger partial charge on any atom is 0.173 e. The fourth-order valence-corrected chi connectivity index (χ4v) is 3.30. The highest BCUT2D eigenvalue weighted by Crippen LogP contribution is 2.25. The first-order valence-electron chi connectivity index (χ1n) is 7.21. The summed E-state index contributed by atoms with van der Waals surface area (Å²) in [6, 6.07) is 4.28. The topological polar surface area (TPSA) is 78.0 Å². The van der Waals surface area contributed by atoms with Gasteiger partial charge in [0.1, 0.15) is 5.82 Å². The second kappa shape index (κ2) is 5.66. The number of nitrogens with zero attached hydrogens (tertiary/aromatic N) is 4. The van der Waals surface area contributed by atoms with Crippen LogP contribution in [0.1, 0.15) is 24.8 Å². The Morgan fingerprint density at radius 3 is 3.05 bits per heavy atom. The summed E-state index contributed by atoms with van der Waals surface area (Å²) in [5.74, 6) is 0.956. The molecule has 1 unspecified atom stereocenters. The molecule has 0 radical (unpaired) electrons. The molecular weight excluding hydrogens is 254 g/mol. The molecule has 1 aromatic heterocycles. The number of aromatic nitrogens is 1. The quantitative estimate of drug-likeness (QED) is 0.362. The average Bonchev–Trinajstić information content (AvgIpc) is 2.83. The molecule has 0 bridgehead atoms. The first-order valence-corrected chi connectivity index (χ1v) is 7.21. The summed E-state index contributed by atoms with van der Waals surface area (Å²) in [6.45, 7) is 4.32. The minimum absolute atomic E-state index is 0.126. The Kier molecular flexibility index (Phi) is 3.73. The molecule has 6 nitrogen and oxygen atoms in total. The van der Waals surface area contributed by atoms with E-state index in [-0.39, 0.29) is 5.84 Å². The Morgan fingerprint density at radius 2 is 2.20 bits per heavy atom. The molecule has 3 N–H and O–H groups in total. The van der Waals surface area contributed by atoms with Gasteiger partial charge in [-0.3, -0.25) is 4.90 Å². The number of pyridine rings is 1. The molecule has 6 heteroatoms. The molecule has 2 fully saturated rings. The van der Waals surface area contributed by atoms with E-state index in [1.807, 2.05) is 12.1 Å². The maximum atomic E-state index is 8.93. The molecule has 1 aromatic rings. The van der Waals surface area contributed by atoms with Crippen LogP contribution in [0.25, 0.3) is 0 Å². The number of fused-ring (bicyclic) bond motifs is 1. The lowest BCUT2D eigenvalue weighted by molar-refractivity contribution is 0.273. The number of amidine groups is 1. The third-order valence-electron chi connectivity index (χ3n) is 4.27. The van der Waals surface area contributed by atoms with Crippen molar-refractivity contribution in [1.82, 2.24) is 9.88 Å². The Bertz CT molecular complexity index is 504. The Balaban J connectivity index is 1.88. The van der Waals surface area contributed by atoms with Gasteiger partial charge in [0.15, 0.2) is 5.84 Å². The van der Waals surface area contributed by atoms with E-state index in [0.717, 1.165) is 31.9 Å². The summed E-state index contributed by atoms with van der Waals surface area (Å²) < 4.78 is 0. The molecule has 108 valence electrons. The van der Waals surface area contributed by atoms with Gasteiger partial charge in [0.25, 0.3) is 0 Å². The molecule has 0 spiro atoms. The number of oxime groups is 1. The van der Waals surface area contributed by atoms with E-state index >= 15 is 0 Å². The van der Waals surface area contributed by atoms with Gasteiger partial charge in [-0.1, -0.05) is 5.16 Å². The van der Waals surface area contributed by atoms with E-state index in [2.05, 4.69) is 19.9 Å². The van der Waals surface area contributed by atoms with Gasteiger partial charge in [-0.25, -0.2) is 4.98 Å². The molecule has 3 heterocycles. The number of anilines is 1. The van der Waals surface area contributed by atoms with Crippen molar-refractivity contribution in [3.8, 4) is 0 Å². The van der Waals surface area contributed by atoms with Gasteiger partial charge in [0.05, 0.1) is 5.56 Å².